The number of nitrogens with zero attached hydrogens (tertiary/aromatic N) is 2. The lowest BCUT2D eigenvalue weighted by Gasteiger charge is -2.34. The summed E-state index contributed by atoms with van der Waals surface area (Å²) >= 11 is 0. The highest BCUT2D eigenvalue weighted by Gasteiger charge is 2.28. The van der Waals surface area contributed by atoms with Gasteiger partial charge in [0.2, 0.25) is 0 Å². The highest BCUT2D eigenvalue weighted by atomic mass is 15.3. The molecular weight excluding hydrogens is 234 g/mol. The Bertz CT molecular complexity index is 368. The van der Waals surface area contributed by atoms with Crippen LogP contribution in [0.5, 0.6) is 0 Å². The summed E-state index contributed by atoms with van der Waals surface area (Å²) in [6.45, 7) is 16.8. The highest BCUT2D eigenvalue weighted by molar-refractivity contribution is 5.08. The fourth-order valence-electron chi connectivity index (χ4n) is 2.25. The maximum absolute atomic E-state index is 4.38. The van der Waals surface area contributed by atoms with Crippen molar-refractivity contribution < 1.29 is 0 Å². The average molecular weight is 265 g/mol. The minimum Gasteiger partial charge on any atom is -0.316 e. The molecule has 19 heavy (non-hydrogen) atoms. The molecule has 0 saturated heterocycles. The quantitative estimate of drug-likeness (QED) is 0.781. The van der Waals surface area contributed by atoms with E-state index >= 15 is 0 Å². The second kappa shape index (κ2) is 7.09. The minimum atomic E-state index is 0.288. The molecule has 0 radical (unpaired) electrons. The third-order valence-corrected chi connectivity index (χ3v) is 4.09. The van der Waals surface area contributed by atoms with Crippen molar-refractivity contribution in [2.75, 3.05) is 13.1 Å². The van der Waals surface area contributed by atoms with Crippen molar-refractivity contribution >= 4 is 0 Å². The molecule has 1 rings (SSSR count). The third kappa shape index (κ3) is 4.98. The van der Waals surface area contributed by atoms with Gasteiger partial charge in [0.05, 0.1) is 6.20 Å². The SMILES string of the molecule is CCn1cc(CC(C)(CNCC(C)C)C(C)C)cn1. The number of aryl methyl sites for hydroxylation is 1. The van der Waals surface area contributed by atoms with Crippen molar-refractivity contribution in [3.05, 3.63) is 18.0 Å². The average Bonchev–Trinajstić information content (AvgIpc) is 2.75. The van der Waals surface area contributed by atoms with Crippen LogP contribution in [0, 0.1) is 17.3 Å². The maximum atomic E-state index is 4.38. The van der Waals surface area contributed by atoms with Crippen molar-refractivity contribution in [2.45, 2.75) is 54.5 Å². The van der Waals surface area contributed by atoms with Crippen molar-refractivity contribution in [1.82, 2.24) is 15.1 Å². The van der Waals surface area contributed by atoms with Crippen LogP contribution >= 0.6 is 0 Å². The van der Waals surface area contributed by atoms with E-state index in [9.17, 15) is 0 Å². The summed E-state index contributed by atoms with van der Waals surface area (Å²) in [6, 6.07) is 0. The van der Waals surface area contributed by atoms with E-state index in [2.05, 4.69) is 58.2 Å². The molecule has 0 aliphatic rings. The summed E-state index contributed by atoms with van der Waals surface area (Å²) in [7, 11) is 0. The molecule has 0 aliphatic carbocycles. The molecule has 1 N–H and O–H groups in total. The molecule has 1 heterocycles. The van der Waals surface area contributed by atoms with Crippen LogP contribution in [0.15, 0.2) is 12.4 Å². The Labute approximate surface area is 118 Å². The molecule has 0 spiro atoms. The van der Waals surface area contributed by atoms with E-state index in [0.717, 1.165) is 26.1 Å². The van der Waals surface area contributed by atoms with Gasteiger partial charge in [0.1, 0.15) is 0 Å². The van der Waals surface area contributed by atoms with Gasteiger partial charge in [-0.15, -0.1) is 0 Å². The number of hydrogen-bond acceptors (Lipinski definition) is 2. The van der Waals surface area contributed by atoms with E-state index in [1.54, 1.807) is 0 Å². The van der Waals surface area contributed by atoms with Crippen LogP contribution in [-0.2, 0) is 13.0 Å². The first kappa shape index (κ1) is 16.2. The predicted octanol–water partition coefficient (Wildman–Crippen LogP) is 3.35. The number of hydrogen-bond donors (Lipinski definition) is 1. The summed E-state index contributed by atoms with van der Waals surface area (Å²) in [5.41, 5.74) is 1.64. The van der Waals surface area contributed by atoms with Crippen LogP contribution < -0.4 is 5.32 Å². The zero-order chi connectivity index (χ0) is 14.5. The molecule has 0 fully saturated rings. The van der Waals surface area contributed by atoms with E-state index in [1.807, 2.05) is 10.9 Å². The van der Waals surface area contributed by atoms with Gasteiger partial charge in [0, 0.05) is 19.3 Å². The Morgan fingerprint density at radius 1 is 1.32 bits per heavy atom. The van der Waals surface area contributed by atoms with Crippen LogP contribution in [0.25, 0.3) is 0 Å². The van der Waals surface area contributed by atoms with Crippen molar-refractivity contribution in [1.29, 1.82) is 0 Å². The molecule has 1 aromatic heterocycles. The monoisotopic (exact) mass is 265 g/mol. The van der Waals surface area contributed by atoms with Crippen LogP contribution in [0.4, 0.5) is 0 Å². The summed E-state index contributed by atoms with van der Waals surface area (Å²) in [5.74, 6) is 1.36. The smallest absolute Gasteiger partial charge is 0.0521 e. The van der Waals surface area contributed by atoms with Gasteiger partial charge in [0.15, 0.2) is 0 Å². The first-order chi connectivity index (χ1) is 8.87. The van der Waals surface area contributed by atoms with E-state index < -0.39 is 0 Å². The topological polar surface area (TPSA) is 29.9 Å². The lowest BCUT2D eigenvalue weighted by Crippen LogP contribution is -2.39. The lowest BCUT2D eigenvalue weighted by molar-refractivity contribution is 0.205. The first-order valence-corrected chi connectivity index (χ1v) is 7.59. The summed E-state index contributed by atoms with van der Waals surface area (Å²) in [6.07, 6.45) is 5.30. The third-order valence-electron chi connectivity index (χ3n) is 4.09. The number of aromatic nitrogens is 2. The number of rotatable bonds is 8. The Morgan fingerprint density at radius 2 is 2.00 bits per heavy atom. The fraction of sp³-hybridized carbons (Fsp3) is 0.812. The molecule has 3 heteroatoms. The molecule has 110 valence electrons. The van der Waals surface area contributed by atoms with Gasteiger partial charge in [-0.1, -0.05) is 34.6 Å². The van der Waals surface area contributed by atoms with E-state index in [1.165, 1.54) is 5.56 Å². The van der Waals surface area contributed by atoms with Crippen LogP contribution in [0.3, 0.4) is 0 Å². The van der Waals surface area contributed by atoms with Gasteiger partial charge < -0.3 is 5.32 Å². The lowest BCUT2D eigenvalue weighted by atomic mass is 9.74. The van der Waals surface area contributed by atoms with E-state index in [0.29, 0.717) is 11.8 Å². The van der Waals surface area contributed by atoms with Gasteiger partial charge in [-0.05, 0) is 42.7 Å². The Morgan fingerprint density at radius 3 is 2.47 bits per heavy atom. The number of nitrogens with one attached hydrogen (secondary N) is 1. The molecule has 3 nitrogen and oxygen atoms in total. The molecule has 0 amide bonds. The largest absolute Gasteiger partial charge is 0.316 e. The fourth-order valence-corrected chi connectivity index (χ4v) is 2.25. The normalized spacial score (nSPS) is 15.2. The first-order valence-electron chi connectivity index (χ1n) is 7.59. The van der Waals surface area contributed by atoms with E-state index in [-0.39, 0.29) is 5.41 Å². The molecule has 1 aromatic rings. The molecule has 0 aliphatic heterocycles. The Hall–Kier alpha value is -0.830. The van der Waals surface area contributed by atoms with Gasteiger partial charge in [-0.2, -0.15) is 5.10 Å². The molecule has 1 unspecified atom stereocenters. The summed E-state index contributed by atoms with van der Waals surface area (Å²) in [5, 5.41) is 8.00. The second-order valence-electron chi connectivity index (χ2n) is 6.71. The molecule has 0 bridgehead atoms. The molecule has 1 atom stereocenters. The molecule has 0 aromatic carbocycles. The summed E-state index contributed by atoms with van der Waals surface area (Å²) < 4.78 is 2.01. The van der Waals surface area contributed by atoms with Gasteiger partial charge in [-0.3, -0.25) is 4.68 Å². The van der Waals surface area contributed by atoms with Crippen LogP contribution in [-0.4, -0.2) is 22.9 Å². The van der Waals surface area contributed by atoms with Crippen LogP contribution in [0.1, 0.15) is 47.1 Å². The molecular formula is C16H31N3. The minimum absolute atomic E-state index is 0.288. The standard InChI is InChI=1S/C16H31N3/c1-7-19-11-15(10-18-19)8-16(6,14(4)5)12-17-9-13(2)3/h10-11,13-14,17H,7-9,12H2,1-6H3. The Kier molecular flexibility index (Phi) is 6.05. The van der Waals surface area contributed by atoms with Gasteiger partial charge in [0.25, 0.3) is 0 Å². The van der Waals surface area contributed by atoms with Gasteiger partial charge in [-0.25, -0.2) is 0 Å². The second-order valence-corrected chi connectivity index (χ2v) is 6.71. The van der Waals surface area contributed by atoms with Gasteiger partial charge >= 0.3 is 0 Å². The zero-order valence-corrected chi connectivity index (χ0v) is 13.5. The maximum Gasteiger partial charge on any atom is 0.0521 e. The van der Waals surface area contributed by atoms with Crippen molar-refractivity contribution in [2.24, 2.45) is 17.3 Å². The van der Waals surface area contributed by atoms with Crippen LogP contribution in [0.2, 0.25) is 0 Å². The molecule has 0 saturated carbocycles. The zero-order valence-electron chi connectivity index (χ0n) is 13.5. The van der Waals surface area contributed by atoms with E-state index in [4.69, 9.17) is 0 Å². The highest BCUT2D eigenvalue weighted by Crippen LogP contribution is 2.30. The Balaban J connectivity index is 2.64. The van der Waals surface area contributed by atoms with Crippen molar-refractivity contribution in [3.63, 3.8) is 0 Å². The predicted molar refractivity (Wildman–Crippen MR) is 82.3 cm³/mol. The van der Waals surface area contributed by atoms with Crippen molar-refractivity contribution in [3.8, 4) is 0 Å². The summed E-state index contributed by atoms with van der Waals surface area (Å²) in [4.78, 5) is 0.